The van der Waals surface area contributed by atoms with Crippen molar-refractivity contribution in [3.8, 4) is 0 Å². The van der Waals surface area contributed by atoms with Crippen LogP contribution in [0, 0.1) is 0 Å². The first-order valence-electron chi connectivity index (χ1n) is 7.91. The lowest BCUT2D eigenvalue weighted by Gasteiger charge is -2.33. The van der Waals surface area contributed by atoms with Crippen molar-refractivity contribution in [3.63, 3.8) is 0 Å². The highest BCUT2D eigenvalue weighted by Crippen LogP contribution is 2.12. The molecular formula is C16H21N5O2. The standard InChI is InChI=1S/C16H21N5O2/c22-16(4-7-20-8-6-18-13-20)21-9-10-23-15(11-21)2-1-14-3-5-17-12-19-14/h3,5-6,8,12-13,15H,1-2,4,7,9-11H2. The van der Waals surface area contributed by atoms with Crippen LogP contribution >= 0.6 is 0 Å². The molecule has 23 heavy (non-hydrogen) atoms. The van der Waals surface area contributed by atoms with Crippen LogP contribution in [0.5, 0.6) is 0 Å². The molecule has 3 rings (SSSR count). The molecule has 1 saturated heterocycles. The summed E-state index contributed by atoms with van der Waals surface area (Å²) >= 11 is 0. The number of hydrogen-bond donors (Lipinski definition) is 0. The van der Waals surface area contributed by atoms with Gasteiger partial charge < -0.3 is 14.2 Å². The van der Waals surface area contributed by atoms with Crippen molar-refractivity contribution < 1.29 is 9.53 Å². The van der Waals surface area contributed by atoms with Crippen molar-refractivity contribution in [3.05, 3.63) is 43.0 Å². The summed E-state index contributed by atoms with van der Waals surface area (Å²) in [5.74, 6) is 0.175. The first kappa shape index (κ1) is 15.6. The minimum Gasteiger partial charge on any atom is -0.375 e. The Morgan fingerprint density at radius 1 is 1.35 bits per heavy atom. The van der Waals surface area contributed by atoms with E-state index < -0.39 is 0 Å². The Bertz CT molecular complexity index is 602. The maximum absolute atomic E-state index is 12.3. The van der Waals surface area contributed by atoms with Gasteiger partial charge in [0.25, 0.3) is 0 Å². The van der Waals surface area contributed by atoms with Crippen LogP contribution in [0.2, 0.25) is 0 Å². The molecule has 1 aliphatic rings. The fourth-order valence-corrected chi connectivity index (χ4v) is 2.70. The number of morpholine rings is 1. The van der Waals surface area contributed by atoms with Gasteiger partial charge in [-0.05, 0) is 18.9 Å². The van der Waals surface area contributed by atoms with Gasteiger partial charge in [-0.3, -0.25) is 4.79 Å². The number of nitrogens with zero attached hydrogens (tertiary/aromatic N) is 5. The van der Waals surface area contributed by atoms with Crippen LogP contribution in [-0.2, 0) is 22.5 Å². The molecule has 1 unspecified atom stereocenters. The summed E-state index contributed by atoms with van der Waals surface area (Å²) < 4.78 is 7.70. The Kier molecular flexibility index (Phi) is 5.31. The molecule has 1 aliphatic heterocycles. The molecule has 7 nitrogen and oxygen atoms in total. The Balaban J connectivity index is 1.44. The van der Waals surface area contributed by atoms with Crippen molar-refractivity contribution in [2.75, 3.05) is 19.7 Å². The normalized spacial score (nSPS) is 18.1. The molecule has 122 valence electrons. The number of rotatable bonds is 6. The van der Waals surface area contributed by atoms with Crippen LogP contribution in [-0.4, -0.2) is 56.1 Å². The van der Waals surface area contributed by atoms with Crippen LogP contribution in [0.1, 0.15) is 18.5 Å². The molecule has 7 heteroatoms. The van der Waals surface area contributed by atoms with Crippen LogP contribution < -0.4 is 0 Å². The molecule has 0 bridgehead atoms. The predicted octanol–water partition coefficient (Wildman–Crippen LogP) is 0.923. The number of carbonyl (C=O) groups is 1. The number of carbonyl (C=O) groups excluding carboxylic acids is 1. The summed E-state index contributed by atoms with van der Waals surface area (Å²) in [5, 5.41) is 0. The average Bonchev–Trinajstić information content (AvgIpc) is 3.12. The Morgan fingerprint density at radius 3 is 3.09 bits per heavy atom. The van der Waals surface area contributed by atoms with E-state index in [1.54, 1.807) is 25.0 Å². The van der Waals surface area contributed by atoms with Crippen molar-refractivity contribution in [1.82, 2.24) is 24.4 Å². The lowest BCUT2D eigenvalue weighted by Crippen LogP contribution is -2.46. The summed E-state index contributed by atoms with van der Waals surface area (Å²) in [6.45, 7) is 2.60. The summed E-state index contributed by atoms with van der Waals surface area (Å²) in [7, 11) is 0. The fraction of sp³-hybridized carbons (Fsp3) is 0.500. The number of amides is 1. The summed E-state index contributed by atoms with van der Waals surface area (Å²) in [6.07, 6.45) is 10.9. The SMILES string of the molecule is O=C(CCn1ccnc1)N1CCOC(CCc2ccncn2)C1. The van der Waals surface area contributed by atoms with Gasteiger partial charge in [-0.15, -0.1) is 0 Å². The van der Waals surface area contributed by atoms with Crippen LogP contribution in [0.4, 0.5) is 0 Å². The van der Waals surface area contributed by atoms with Crippen molar-refractivity contribution >= 4 is 5.91 Å². The molecule has 0 N–H and O–H groups in total. The number of imidazole rings is 1. The van der Waals surface area contributed by atoms with E-state index in [9.17, 15) is 4.79 Å². The third-order valence-corrected chi connectivity index (χ3v) is 4.00. The van der Waals surface area contributed by atoms with Gasteiger partial charge in [-0.2, -0.15) is 0 Å². The molecule has 3 heterocycles. The Morgan fingerprint density at radius 2 is 2.30 bits per heavy atom. The van der Waals surface area contributed by atoms with Gasteiger partial charge in [0.1, 0.15) is 6.33 Å². The first-order chi connectivity index (χ1) is 11.3. The highest BCUT2D eigenvalue weighted by atomic mass is 16.5. The lowest BCUT2D eigenvalue weighted by molar-refractivity contribution is -0.139. The molecule has 0 saturated carbocycles. The average molecular weight is 315 g/mol. The van der Waals surface area contributed by atoms with E-state index in [4.69, 9.17) is 4.74 Å². The molecule has 2 aromatic rings. The predicted molar refractivity (Wildman–Crippen MR) is 83.5 cm³/mol. The third kappa shape index (κ3) is 4.59. The van der Waals surface area contributed by atoms with Crippen LogP contribution in [0.25, 0.3) is 0 Å². The molecule has 0 aromatic carbocycles. The molecule has 0 radical (unpaired) electrons. The fourth-order valence-electron chi connectivity index (χ4n) is 2.70. The Hall–Kier alpha value is -2.28. The summed E-state index contributed by atoms with van der Waals surface area (Å²) in [6, 6.07) is 1.91. The largest absolute Gasteiger partial charge is 0.375 e. The van der Waals surface area contributed by atoms with Gasteiger partial charge in [0, 0.05) is 50.3 Å². The monoisotopic (exact) mass is 315 g/mol. The molecule has 2 aromatic heterocycles. The van der Waals surface area contributed by atoms with E-state index in [1.807, 2.05) is 21.7 Å². The Labute approximate surface area is 135 Å². The molecule has 0 aliphatic carbocycles. The van der Waals surface area contributed by atoms with Gasteiger partial charge in [0.2, 0.25) is 5.91 Å². The lowest BCUT2D eigenvalue weighted by atomic mass is 10.1. The van der Waals surface area contributed by atoms with E-state index in [0.29, 0.717) is 32.7 Å². The van der Waals surface area contributed by atoms with Gasteiger partial charge in [0.15, 0.2) is 0 Å². The van der Waals surface area contributed by atoms with Gasteiger partial charge >= 0.3 is 0 Å². The van der Waals surface area contributed by atoms with E-state index >= 15 is 0 Å². The van der Waals surface area contributed by atoms with Gasteiger partial charge in [0.05, 0.1) is 19.0 Å². The van der Waals surface area contributed by atoms with E-state index in [0.717, 1.165) is 18.5 Å². The first-order valence-corrected chi connectivity index (χ1v) is 7.91. The second-order valence-corrected chi connectivity index (χ2v) is 5.62. The molecular weight excluding hydrogens is 294 g/mol. The summed E-state index contributed by atoms with van der Waals surface area (Å²) in [4.78, 5) is 26.4. The van der Waals surface area contributed by atoms with E-state index in [1.165, 1.54) is 0 Å². The van der Waals surface area contributed by atoms with Crippen molar-refractivity contribution in [1.29, 1.82) is 0 Å². The second-order valence-electron chi connectivity index (χ2n) is 5.62. The number of aryl methyl sites for hydroxylation is 2. The van der Waals surface area contributed by atoms with Gasteiger partial charge in [-0.1, -0.05) is 0 Å². The maximum atomic E-state index is 12.3. The minimum absolute atomic E-state index is 0.0795. The van der Waals surface area contributed by atoms with Crippen molar-refractivity contribution in [2.45, 2.75) is 31.9 Å². The smallest absolute Gasteiger partial charge is 0.224 e. The van der Waals surface area contributed by atoms with E-state index in [-0.39, 0.29) is 12.0 Å². The minimum atomic E-state index is 0.0795. The van der Waals surface area contributed by atoms with E-state index in [2.05, 4.69) is 15.0 Å². The number of ether oxygens (including phenoxy) is 1. The number of aromatic nitrogens is 4. The zero-order chi connectivity index (χ0) is 15.9. The maximum Gasteiger partial charge on any atom is 0.224 e. The van der Waals surface area contributed by atoms with Crippen LogP contribution in [0.15, 0.2) is 37.3 Å². The molecule has 1 atom stereocenters. The molecule has 1 amide bonds. The quantitative estimate of drug-likeness (QED) is 0.792. The zero-order valence-electron chi connectivity index (χ0n) is 13.0. The topological polar surface area (TPSA) is 73.1 Å². The summed E-state index contributed by atoms with van der Waals surface area (Å²) in [5.41, 5.74) is 1.01. The second kappa shape index (κ2) is 7.82. The molecule has 0 spiro atoms. The number of hydrogen-bond acceptors (Lipinski definition) is 5. The highest BCUT2D eigenvalue weighted by molar-refractivity contribution is 5.76. The van der Waals surface area contributed by atoms with Crippen molar-refractivity contribution in [2.24, 2.45) is 0 Å². The zero-order valence-corrected chi connectivity index (χ0v) is 13.0. The van der Waals surface area contributed by atoms with Crippen LogP contribution in [0.3, 0.4) is 0 Å². The van der Waals surface area contributed by atoms with Gasteiger partial charge in [-0.25, -0.2) is 15.0 Å². The molecule has 1 fully saturated rings. The highest BCUT2D eigenvalue weighted by Gasteiger charge is 2.23. The third-order valence-electron chi connectivity index (χ3n) is 4.00.